The molecule has 0 atom stereocenters. The quantitative estimate of drug-likeness (QED) is 0.356. The van der Waals surface area contributed by atoms with Gasteiger partial charge >= 0.3 is 0 Å². The first-order chi connectivity index (χ1) is 14.3. The molecule has 0 saturated carbocycles. The van der Waals surface area contributed by atoms with E-state index in [0.717, 1.165) is 37.9 Å². The van der Waals surface area contributed by atoms with Gasteiger partial charge in [0.15, 0.2) is 11.1 Å². The van der Waals surface area contributed by atoms with Crippen LogP contribution in [0.1, 0.15) is 36.8 Å². The SMILES string of the molecule is I.NC(=NCc1ccc(CN2CCCCCC2)cc1)N1CCN(c2nccs2)CC1. The largest absolute Gasteiger partial charge is 0.370 e. The third-order valence-corrected chi connectivity index (χ3v) is 6.68. The molecule has 3 heterocycles. The highest BCUT2D eigenvalue weighted by Crippen LogP contribution is 2.19. The molecule has 0 bridgehead atoms. The molecule has 2 aliphatic heterocycles. The number of hydrogen-bond donors (Lipinski definition) is 1. The molecule has 2 saturated heterocycles. The molecule has 30 heavy (non-hydrogen) atoms. The fourth-order valence-electron chi connectivity index (χ4n) is 4.07. The zero-order valence-corrected chi connectivity index (χ0v) is 20.7. The number of piperazine rings is 1. The number of hydrogen-bond acceptors (Lipinski definition) is 5. The Kier molecular flexibility index (Phi) is 9.20. The van der Waals surface area contributed by atoms with Gasteiger partial charge in [0, 0.05) is 44.3 Å². The van der Waals surface area contributed by atoms with Crippen LogP contribution in [0.15, 0.2) is 40.8 Å². The zero-order chi connectivity index (χ0) is 19.9. The van der Waals surface area contributed by atoms with E-state index in [1.165, 1.54) is 49.9 Å². The number of guanidine groups is 1. The number of nitrogens with two attached hydrogens (primary N) is 1. The van der Waals surface area contributed by atoms with E-state index in [-0.39, 0.29) is 24.0 Å². The van der Waals surface area contributed by atoms with Gasteiger partial charge in [-0.25, -0.2) is 9.98 Å². The highest BCUT2D eigenvalue weighted by atomic mass is 127. The molecule has 6 nitrogen and oxygen atoms in total. The molecule has 4 rings (SSSR count). The van der Waals surface area contributed by atoms with Crippen molar-refractivity contribution < 1.29 is 0 Å². The molecule has 0 amide bonds. The van der Waals surface area contributed by atoms with Gasteiger partial charge in [-0.1, -0.05) is 37.1 Å². The third-order valence-electron chi connectivity index (χ3n) is 5.84. The van der Waals surface area contributed by atoms with E-state index < -0.39 is 0 Å². The summed E-state index contributed by atoms with van der Waals surface area (Å²) < 4.78 is 0. The molecule has 1 aromatic heterocycles. The summed E-state index contributed by atoms with van der Waals surface area (Å²) in [5.74, 6) is 0.650. The minimum Gasteiger partial charge on any atom is -0.370 e. The standard InChI is InChI=1S/C22H32N6S.HI/c23-21(27-12-14-28(15-13-27)22-24-9-16-29-22)25-17-19-5-7-20(8-6-19)18-26-10-3-1-2-4-11-26;/h5-9,16H,1-4,10-15,17-18H2,(H2,23,25);1H. The average Bonchev–Trinajstić information content (AvgIpc) is 3.18. The Balaban J connectivity index is 0.00000256. The van der Waals surface area contributed by atoms with Gasteiger partial charge in [-0.3, -0.25) is 4.90 Å². The maximum absolute atomic E-state index is 6.27. The van der Waals surface area contributed by atoms with Crippen LogP contribution in [0.25, 0.3) is 0 Å². The first kappa shape index (κ1) is 23.3. The topological polar surface area (TPSA) is 61.0 Å². The van der Waals surface area contributed by atoms with Gasteiger partial charge < -0.3 is 15.5 Å². The Morgan fingerprint density at radius 2 is 1.60 bits per heavy atom. The van der Waals surface area contributed by atoms with E-state index in [4.69, 9.17) is 5.73 Å². The predicted octanol–water partition coefficient (Wildman–Crippen LogP) is 3.77. The van der Waals surface area contributed by atoms with E-state index in [9.17, 15) is 0 Å². The van der Waals surface area contributed by atoms with Crippen LogP contribution in [0.4, 0.5) is 5.13 Å². The summed E-state index contributed by atoms with van der Waals surface area (Å²) in [5, 5.41) is 3.12. The van der Waals surface area contributed by atoms with Crippen LogP contribution in [0, 0.1) is 0 Å². The number of nitrogens with zero attached hydrogens (tertiary/aromatic N) is 5. The number of likely N-dealkylation sites (tertiary alicyclic amines) is 1. The predicted molar refractivity (Wildman–Crippen MR) is 137 cm³/mol. The molecule has 1 aromatic carbocycles. The molecular formula is C22H33IN6S. The minimum absolute atomic E-state index is 0. The second-order valence-electron chi connectivity index (χ2n) is 7.97. The van der Waals surface area contributed by atoms with Crippen molar-refractivity contribution in [2.24, 2.45) is 10.7 Å². The maximum Gasteiger partial charge on any atom is 0.191 e. The summed E-state index contributed by atoms with van der Waals surface area (Å²) in [6.45, 7) is 7.84. The number of anilines is 1. The van der Waals surface area contributed by atoms with Crippen molar-refractivity contribution in [3.63, 3.8) is 0 Å². The van der Waals surface area contributed by atoms with Crippen LogP contribution in [-0.2, 0) is 13.1 Å². The van der Waals surface area contributed by atoms with E-state index >= 15 is 0 Å². The van der Waals surface area contributed by atoms with Gasteiger partial charge in [-0.05, 0) is 37.1 Å². The Morgan fingerprint density at radius 3 is 2.23 bits per heavy atom. The van der Waals surface area contributed by atoms with Gasteiger partial charge in [0.2, 0.25) is 0 Å². The Morgan fingerprint density at radius 1 is 0.933 bits per heavy atom. The molecule has 2 aromatic rings. The molecule has 0 spiro atoms. The number of halogens is 1. The summed E-state index contributed by atoms with van der Waals surface area (Å²) in [4.78, 5) is 16.1. The van der Waals surface area contributed by atoms with Crippen molar-refractivity contribution in [1.29, 1.82) is 0 Å². The van der Waals surface area contributed by atoms with Crippen molar-refractivity contribution in [3.8, 4) is 0 Å². The maximum atomic E-state index is 6.27. The average molecular weight is 541 g/mol. The van der Waals surface area contributed by atoms with Crippen LogP contribution in [-0.4, -0.2) is 60.0 Å². The van der Waals surface area contributed by atoms with Gasteiger partial charge in [-0.2, -0.15) is 0 Å². The minimum atomic E-state index is 0. The smallest absolute Gasteiger partial charge is 0.191 e. The summed E-state index contributed by atoms with van der Waals surface area (Å²) in [6.07, 6.45) is 7.30. The second-order valence-corrected chi connectivity index (χ2v) is 8.84. The fourth-order valence-corrected chi connectivity index (χ4v) is 4.77. The molecule has 0 aliphatic carbocycles. The Bertz CT molecular complexity index is 763. The lowest BCUT2D eigenvalue weighted by molar-refractivity contribution is 0.277. The Labute approximate surface area is 201 Å². The van der Waals surface area contributed by atoms with Crippen LogP contribution >= 0.6 is 35.3 Å². The number of aliphatic imine (C=N–C) groups is 1. The van der Waals surface area contributed by atoms with Crippen LogP contribution in [0.5, 0.6) is 0 Å². The van der Waals surface area contributed by atoms with Crippen molar-refractivity contribution in [2.75, 3.05) is 44.2 Å². The van der Waals surface area contributed by atoms with Gasteiger partial charge in [0.05, 0.1) is 6.54 Å². The van der Waals surface area contributed by atoms with Crippen molar-refractivity contribution in [1.82, 2.24) is 14.8 Å². The Hall–Kier alpha value is -1.39. The highest BCUT2D eigenvalue weighted by Gasteiger charge is 2.19. The lowest BCUT2D eigenvalue weighted by Gasteiger charge is -2.35. The molecule has 2 N–H and O–H groups in total. The first-order valence-electron chi connectivity index (χ1n) is 10.8. The molecule has 8 heteroatoms. The van der Waals surface area contributed by atoms with E-state index in [1.807, 2.05) is 11.6 Å². The highest BCUT2D eigenvalue weighted by molar-refractivity contribution is 14.0. The lowest BCUT2D eigenvalue weighted by atomic mass is 10.1. The molecular weight excluding hydrogens is 507 g/mol. The fraction of sp³-hybridized carbons (Fsp3) is 0.545. The van der Waals surface area contributed by atoms with Crippen molar-refractivity contribution >= 4 is 46.4 Å². The van der Waals surface area contributed by atoms with E-state index in [2.05, 4.69) is 48.9 Å². The third kappa shape index (κ3) is 6.55. The summed E-state index contributed by atoms with van der Waals surface area (Å²) >= 11 is 1.69. The normalized spacial score (nSPS) is 18.7. The molecule has 164 valence electrons. The molecule has 0 radical (unpaired) electrons. The van der Waals surface area contributed by atoms with Crippen LogP contribution in [0.3, 0.4) is 0 Å². The number of thiazole rings is 1. The van der Waals surface area contributed by atoms with Crippen molar-refractivity contribution in [2.45, 2.75) is 38.8 Å². The number of benzene rings is 1. The summed E-state index contributed by atoms with van der Waals surface area (Å²) in [5.41, 5.74) is 8.88. The zero-order valence-electron chi connectivity index (χ0n) is 17.6. The monoisotopic (exact) mass is 540 g/mol. The van der Waals surface area contributed by atoms with E-state index in [1.54, 1.807) is 11.3 Å². The molecule has 0 unspecified atom stereocenters. The van der Waals surface area contributed by atoms with Gasteiger partial charge in [-0.15, -0.1) is 35.3 Å². The summed E-state index contributed by atoms with van der Waals surface area (Å²) in [6, 6.07) is 8.89. The van der Waals surface area contributed by atoms with Gasteiger partial charge in [0.1, 0.15) is 0 Å². The van der Waals surface area contributed by atoms with Crippen molar-refractivity contribution in [3.05, 3.63) is 47.0 Å². The van der Waals surface area contributed by atoms with Gasteiger partial charge in [0.25, 0.3) is 0 Å². The molecule has 2 fully saturated rings. The summed E-state index contributed by atoms with van der Waals surface area (Å²) in [7, 11) is 0. The van der Waals surface area contributed by atoms with Crippen LogP contribution in [0.2, 0.25) is 0 Å². The number of rotatable bonds is 5. The van der Waals surface area contributed by atoms with E-state index in [0.29, 0.717) is 12.5 Å². The lowest BCUT2D eigenvalue weighted by Crippen LogP contribution is -2.51. The molecule has 2 aliphatic rings. The first-order valence-corrected chi connectivity index (χ1v) is 11.7. The number of aromatic nitrogens is 1. The second kappa shape index (κ2) is 11.9. The van der Waals surface area contributed by atoms with Crippen LogP contribution < -0.4 is 10.6 Å².